The molecular formula is C22H34ClN3O2. The van der Waals surface area contributed by atoms with E-state index >= 15 is 0 Å². The number of hydrogen-bond donors (Lipinski definition) is 2. The molecule has 2 aliphatic heterocycles. The summed E-state index contributed by atoms with van der Waals surface area (Å²) in [6.07, 6.45) is 6.43. The van der Waals surface area contributed by atoms with Crippen molar-refractivity contribution in [2.24, 2.45) is 11.8 Å². The van der Waals surface area contributed by atoms with E-state index in [0.29, 0.717) is 24.8 Å². The highest BCUT2D eigenvalue weighted by Crippen LogP contribution is 2.22. The topological polar surface area (TPSA) is 61.4 Å². The lowest BCUT2D eigenvalue weighted by Crippen LogP contribution is -2.35. The summed E-state index contributed by atoms with van der Waals surface area (Å²) in [4.78, 5) is 26.7. The standard InChI is InChI=1S/C22H33N3O2.ClH/c1-17(20-6-5-11-23-16-20)14-21(26)24-15-18-7-9-19(10-8-18)22(27)25-12-3-2-4-13-25;/h7-10,17,20,23H,2-6,11-16H2,1H3,(H,24,26);1H. The van der Waals surface area contributed by atoms with Crippen molar-refractivity contribution in [3.05, 3.63) is 35.4 Å². The van der Waals surface area contributed by atoms with Crippen LogP contribution in [0.25, 0.3) is 0 Å². The molecule has 5 nitrogen and oxygen atoms in total. The highest BCUT2D eigenvalue weighted by Gasteiger charge is 2.22. The maximum absolute atomic E-state index is 12.5. The molecule has 0 aromatic heterocycles. The lowest BCUT2D eigenvalue weighted by atomic mass is 9.85. The van der Waals surface area contributed by atoms with Crippen LogP contribution in [0, 0.1) is 11.8 Å². The Balaban J connectivity index is 0.00000280. The largest absolute Gasteiger partial charge is 0.352 e. The van der Waals surface area contributed by atoms with Gasteiger partial charge in [0.05, 0.1) is 0 Å². The van der Waals surface area contributed by atoms with E-state index in [1.54, 1.807) is 0 Å². The van der Waals surface area contributed by atoms with Crippen molar-refractivity contribution in [2.75, 3.05) is 26.2 Å². The van der Waals surface area contributed by atoms with Crippen LogP contribution in [0.5, 0.6) is 0 Å². The van der Waals surface area contributed by atoms with Gasteiger partial charge in [0.2, 0.25) is 5.91 Å². The molecule has 2 unspecified atom stereocenters. The third kappa shape index (κ3) is 6.49. The van der Waals surface area contributed by atoms with Crippen LogP contribution in [0.3, 0.4) is 0 Å². The van der Waals surface area contributed by atoms with Gasteiger partial charge in [-0.1, -0.05) is 19.1 Å². The van der Waals surface area contributed by atoms with Gasteiger partial charge in [0.25, 0.3) is 5.91 Å². The maximum Gasteiger partial charge on any atom is 0.253 e. The maximum atomic E-state index is 12.5. The molecule has 3 rings (SSSR count). The first kappa shape index (κ1) is 22.7. The minimum atomic E-state index is 0. The zero-order valence-electron chi connectivity index (χ0n) is 16.9. The Morgan fingerprint density at radius 1 is 1.14 bits per heavy atom. The van der Waals surface area contributed by atoms with Gasteiger partial charge >= 0.3 is 0 Å². The highest BCUT2D eigenvalue weighted by atomic mass is 35.5. The van der Waals surface area contributed by atoms with Gasteiger partial charge in [-0.15, -0.1) is 12.4 Å². The molecular weight excluding hydrogens is 374 g/mol. The number of nitrogens with one attached hydrogen (secondary N) is 2. The van der Waals surface area contributed by atoms with Gasteiger partial charge in [-0.2, -0.15) is 0 Å². The fraction of sp³-hybridized carbons (Fsp3) is 0.636. The smallest absolute Gasteiger partial charge is 0.253 e. The Hall–Kier alpha value is -1.59. The van der Waals surface area contributed by atoms with Gasteiger partial charge in [-0.3, -0.25) is 9.59 Å². The van der Waals surface area contributed by atoms with Crippen LogP contribution in [0.4, 0.5) is 0 Å². The number of halogens is 1. The summed E-state index contributed by atoms with van der Waals surface area (Å²) in [5.74, 6) is 1.24. The Kier molecular flexibility index (Phi) is 9.26. The van der Waals surface area contributed by atoms with Crippen LogP contribution in [0.2, 0.25) is 0 Å². The van der Waals surface area contributed by atoms with E-state index in [-0.39, 0.29) is 24.2 Å². The molecule has 6 heteroatoms. The third-order valence-electron chi connectivity index (χ3n) is 5.98. The summed E-state index contributed by atoms with van der Waals surface area (Å²) in [6, 6.07) is 7.67. The van der Waals surface area contributed by atoms with E-state index in [4.69, 9.17) is 0 Å². The van der Waals surface area contributed by atoms with Crippen molar-refractivity contribution in [1.29, 1.82) is 0 Å². The Labute approximate surface area is 175 Å². The van der Waals surface area contributed by atoms with Crippen molar-refractivity contribution < 1.29 is 9.59 Å². The number of benzene rings is 1. The van der Waals surface area contributed by atoms with Crippen molar-refractivity contribution in [3.63, 3.8) is 0 Å². The van der Waals surface area contributed by atoms with Crippen molar-refractivity contribution in [3.8, 4) is 0 Å². The van der Waals surface area contributed by atoms with Crippen molar-refractivity contribution >= 4 is 24.2 Å². The predicted molar refractivity (Wildman–Crippen MR) is 115 cm³/mol. The first-order valence-electron chi connectivity index (χ1n) is 10.5. The predicted octanol–water partition coefficient (Wildman–Crippen LogP) is 3.38. The number of hydrogen-bond acceptors (Lipinski definition) is 3. The molecule has 2 fully saturated rings. The van der Waals surface area contributed by atoms with Gasteiger partial charge in [0.1, 0.15) is 0 Å². The highest BCUT2D eigenvalue weighted by molar-refractivity contribution is 5.94. The van der Waals surface area contributed by atoms with Crippen LogP contribution in [0.1, 0.15) is 61.4 Å². The molecule has 2 heterocycles. The molecule has 0 spiro atoms. The lowest BCUT2D eigenvalue weighted by molar-refractivity contribution is -0.122. The molecule has 0 saturated carbocycles. The van der Waals surface area contributed by atoms with Gasteiger partial charge in [-0.05, 0) is 74.7 Å². The molecule has 2 atom stereocenters. The van der Waals surface area contributed by atoms with E-state index in [1.807, 2.05) is 29.2 Å². The quantitative estimate of drug-likeness (QED) is 0.759. The normalized spacial score (nSPS) is 20.8. The molecule has 0 radical (unpaired) electrons. The van der Waals surface area contributed by atoms with E-state index in [1.165, 1.54) is 19.3 Å². The number of rotatable bonds is 6. The molecule has 0 bridgehead atoms. The molecule has 2 N–H and O–H groups in total. The van der Waals surface area contributed by atoms with E-state index in [2.05, 4.69) is 17.6 Å². The summed E-state index contributed by atoms with van der Waals surface area (Å²) >= 11 is 0. The average molecular weight is 408 g/mol. The van der Waals surface area contributed by atoms with E-state index in [0.717, 1.165) is 50.1 Å². The number of carbonyl (C=O) groups is 2. The van der Waals surface area contributed by atoms with Gasteiger partial charge in [0, 0.05) is 31.6 Å². The SMILES string of the molecule is CC(CC(=O)NCc1ccc(C(=O)N2CCCCC2)cc1)C1CCCNC1.Cl. The van der Waals surface area contributed by atoms with Crippen LogP contribution >= 0.6 is 12.4 Å². The molecule has 2 amide bonds. The fourth-order valence-electron chi connectivity index (χ4n) is 4.14. The van der Waals surface area contributed by atoms with Crippen molar-refractivity contribution in [1.82, 2.24) is 15.5 Å². The van der Waals surface area contributed by atoms with Gasteiger partial charge in [-0.25, -0.2) is 0 Å². The monoisotopic (exact) mass is 407 g/mol. The Bertz CT molecular complexity index is 623. The summed E-state index contributed by atoms with van der Waals surface area (Å²) in [7, 11) is 0. The second-order valence-electron chi connectivity index (χ2n) is 8.11. The van der Waals surface area contributed by atoms with Crippen molar-refractivity contribution in [2.45, 2.75) is 52.0 Å². The first-order chi connectivity index (χ1) is 13.1. The number of nitrogens with zero attached hydrogens (tertiary/aromatic N) is 1. The molecule has 1 aromatic rings. The Morgan fingerprint density at radius 3 is 2.50 bits per heavy atom. The molecule has 156 valence electrons. The summed E-state index contributed by atoms with van der Waals surface area (Å²) in [5, 5.41) is 6.45. The van der Waals surface area contributed by atoms with Crippen LogP contribution in [0.15, 0.2) is 24.3 Å². The Morgan fingerprint density at radius 2 is 1.86 bits per heavy atom. The molecule has 2 saturated heterocycles. The summed E-state index contributed by atoms with van der Waals surface area (Å²) < 4.78 is 0. The zero-order valence-corrected chi connectivity index (χ0v) is 17.7. The van der Waals surface area contributed by atoms with E-state index in [9.17, 15) is 9.59 Å². The van der Waals surface area contributed by atoms with Crippen LogP contribution in [-0.2, 0) is 11.3 Å². The van der Waals surface area contributed by atoms with Crippen LogP contribution in [-0.4, -0.2) is 42.9 Å². The summed E-state index contributed by atoms with van der Waals surface area (Å²) in [6.45, 7) is 6.56. The summed E-state index contributed by atoms with van der Waals surface area (Å²) in [5.41, 5.74) is 1.77. The molecule has 2 aliphatic rings. The molecule has 1 aromatic carbocycles. The minimum absolute atomic E-state index is 0. The number of piperidine rings is 2. The number of amides is 2. The minimum Gasteiger partial charge on any atom is -0.352 e. The van der Waals surface area contributed by atoms with Gasteiger partial charge in [0.15, 0.2) is 0 Å². The second kappa shape index (κ2) is 11.4. The second-order valence-corrected chi connectivity index (χ2v) is 8.11. The van der Waals surface area contributed by atoms with Crippen LogP contribution < -0.4 is 10.6 Å². The third-order valence-corrected chi connectivity index (χ3v) is 5.98. The number of carbonyl (C=O) groups excluding carboxylic acids is 2. The van der Waals surface area contributed by atoms with E-state index < -0.39 is 0 Å². The first-order valence-corrected chi connectivity index (χ1v) is 10.5. The molecule has 28 heavy (non-hydrogen) atoms. The average Bonchev–Trinajstić information content (AvgIpc) is 2.73. The zero-order chi connectivity index (χ0) is 19.1. The van der Waals surface area contributed by atoms with Gasteiger partial charge < -0.3 is 15.5 Å². The fourth-order valence-corrected chi connectivity index (χ4v) is 4.14. The number of likely N-dealkylation sites (tertiary alicyclic amines) is 1. The lowest BCUT2D eigenvalue weighted by Gasteiger charge is -2.28. The molecule has 0 aliphatic carbocycles.